The first-order chi connectivity index (χ1) is 9.00. The summed E-state index contributed by atoms with van der Waals surface area (Å²) in [4.78, 5) is 2.36. The zero-order valence-corrected chi connectivity index (χ0v) is 12.7. The van der Waals surface area contributed by atoms with Crippen LogP contribution in [0.3, 0.4) is 0 Å². The molecule has 0 aromatic carbocycles. The van der Waals surface area contributed by atoms with Crippen LogP contribution in [-0.2, 0) is 6.54 Å². The average Bonchev–Trinajstić information content (AvgIpc) is 2.43. The number of rotatable bonds is 3. The van der Waals surface area contributed by atoms with Gasteiger partial charge in [-0.05, 0) is 37.7 Å². The lowest BCUT2D eigenvalue weighted by atomic mass is 9.78. The maximum atomic E-state index is 5.91. The molecule has 0 radical (unpaired) electrons. The second-order valence-corrected chi connectivity index (χ2v) is 6.07. The van der Waals surface area contributed by atoms with Gasteiger partial charge in [0.15, 0.2) is 5.82 Å². The predicted molar refractivity (Wildman–Crippen MR) is 79.2 cm³/mol. The first-order valence-electron chi connectivity index (χ1n) is 7.28. The van der Waals surface area contributed by atoms with Gasteiger partial charge in [0.05, 0.1) is 5.69 Å². The van der Waals surface area contributed by atoms with Crippen LogP contribution >= 0.6 is 0 Å². The van der Waals surface area contributed by atoms with Crippen LogP contribution in [0, 0.1) is 19.3 Å². The van der Waals surface area contributed by atoms with Crippen LogP contribution in [0.25, 0.3) is 0 Å². The minimum absolute atomic E-state index is 0.493. The number of hydrogen-bond donors (Lipinski definition) is 1. The number of aryl methyl sites for hydroxylation is 1. The molecule has 2 N–H and O–H groups in total. The standard InChI is InChI=1S/C15H26N4/c1-5-15(4)6-8-19(9-7-15)14-13(10-16)11(2)12(3)17-18-14/h5-10,16H2,1-4H3. The highest BCUT2D eigenvalue weighted by molar-refractivity contribution is 5.51. The Balaban J connectivity index is 2.22. The second-order valence-electron chi connectivity index (χ2n) is 6.07. The SMILES string of the molecule is CCC1(C)CCN(c2nnc(C)c(C)c2CN)CC1. The summed E-state index contributed by atoms with van der Waals surface area (Å²) in [6.45, 7) is 11.4. The highest BCUT2D eigenvalue weighted by Crippen LogP contribution is 2.36. The summed E-state index contributed by atoms with van der Waals surface area (Å²) in [5, 5.41) is 8.67. The summed E-state index contributed by atoms with van der Waals surface area (Å²) in [5.74, 6) is 1.00. The molecule has 0 aliphatic carbocycles. The summed E-state index contributed by atoms with van der Waals surface area (Å²) in [7, 11) is 0. The van der Waals surface area contributed by atoms with Crippen molar-refractivity contribution < 1.29 is 0 Å². The molecule has 1 fully saturated rings. The van der Waals surface area contributed by atoms with Gasteiger partial charge in [-0.1, -0.05) is 20.3 Å². The van der Waals surface area contributed by atoms with Gasteiger partial charge in [-0.2, -0.15) is 5.10 Å². The first kappa shape index (κ1) is 14.3. The lowest BCUT2D eigenvalue weighted by Gasteiger charge is -2.40. The normalized spacial score (nSPS) is 18.7. The van der Waals surface area contributed by atoms with E-state index < -0.39 is 0 Å². The smallest absolute Gasteiger partial charge is 0.156 e. The molecule has 0 unspecified atom stereocenters. The van der Waals surface area contributed by atoms with E-state index in [-0.39, 0.29) is 0 Å². The van der Waals surface area contributed by atoms with Crippen molar-refractivity contribution >= 4 is 5.82 Å². The fraction of sp³-hybridized carbons (Fsp3) is 0.733. The third-order valence-electron chi connectivity index (χ3n) is 4.89. The Morgan fingerprint density at radius 1 is 1.21 bits per heavy atom. The van der Waals surface area contributed by atoms with Gasteiger partial charge in [0.2, 0.25) is 0 Å². The van der Waals surface area contributed by atoms with Crippen molar-refractivity contribution in [3.05, 3.63) is 16.8 Å². The summed E-state index contributed by atoms with van der Waals surface area (Å²) in [6.07, 6.45) is 3.70. The number of nitrogens with zero attached hydrogens (tertiary/aromatic N) is 3. The van der Waals surface area contributed by atoms with Crippen LogP contribution in [0.15, 0.2) is 0 Å². The lowest BCUT2D eigenvalue weighted by molar-refractivity contribution is 0.237. The molecule has 106 valence electrons. The number of aromatic nitrogens is 2. The van der Waals surface area contributed by atoms with Crippen molar-refractivity contribution in [1.82, 2.24) is 10.2 Å². The molecule has 2 heterocycles. The van der Waals surface area contributed by atoms with E-state index in [1.807, 2.05) is 6.92 Å². The highest BCUT2D eigenvalue weighted by Gasteiger charge is 2.30. The number of anilines is 1. The van der Waals surface area contributed by atoms with E-state index in [0.717, 1.165) is 30.2 Å². The van der Waals surface area contributed by atoms with Gasteiger partial charge in [0, 0.05) is 25.2 Å². The van der Waals surface area contributed by atoms with Crippen LogP contribution in [0.5, 0.6) is 0 Å². The Morgan fingerprint density at radius 3 is 2.37 bits per heavy atom. The summed E-state index contributed by atoms with van der Waals surface area (Å²) >= 11 is 0. The first-order valence-corrected chi connectivity index (χ1v) is 7.28. The van der Waals surface area contributed by atoms with Crippen LogP contribution < -0.4 is 10.6 Å². The fourth-order valence-electron chi connectivity index (χ4n) is 2.75. The number of hydrogen-bond acceptors (Lipinski definition) is 4. The van der Waals surface area contributed by atoms with Gasteiger partial charge in [0.25, 0.3) is 0 Å². The Labute approximate surface area is 116 Å². The van der Waals surface area contributed by atoms with Gasteiger partial charge >= 0.3 is 0 Å². The van der Waals surface area contributed by atoms with E-state index >= 15 is 0 Å². The van der Waals surface area contributed by atoms with Crippen LogP contribution in [-0.4, -0.2) is 23.3 Å². The lowest BCUT2D eigenvalue weighted by Crippen LogP contribution is -2.39. The molecular weight excluding hydrogens is 236 g/mol. The Hall–Kier alpha value is -1.16. The molecule has 1 aliphatic heterocycles. The van der Waals surface area contributed by atoms with Gasteiger partial charge in [0.1, 0.15) is 0 Å². The van der Waals surface area contributed by atoms with E-state index in [4.69, 9.17) is 5.73 Å². The van der Waals surface area contributed by atoms with E-state index in [2.05, 4.69) is 35.9 Å². The molecule has 19 heavy (non-hydrogen) atoms. The summed E-state index contributed by atoms with van der Waals surface area (Å²) in [5.41, 5.74) is 9.74. The zero-order valence-electron chi connectivity index (χ0n) is 12.7. The highest BCUT2D eigenvalue weighted by atomic mass is 15.3. The Morgan fingerprint density at radius 2 is 1.84 bits per heavy atom. The van der Waals surface area contributed by atoms with Crippen molar-refractivity contribution in [2.75, 3.05) is 18.0 Å². The molecule has 0 amide bonds. The monoisotopic (exact) mass is 262 g/mol. The zero-order chi connectivity index (χ0) is 14.0. The molecule has 2 rings (SSSR count). The maximum Gasteiger partial charge on any atom is 0.156 e. The summed E-state index contributed by atoms with van der Waals surface area (Å²) in [6, 6.07) is 0. The van der Waals surface area contributed by atoms with Crippen molar-refractivity contribution in [2.45, 2.75) is 53.5 Å². The van der Waals surface area contributed by atoms with Crippen molar-refractivity contribution in [2.24, 2.45) is 11.1 Å². The Bertz CT molecular complexity index is 448. The minimum atomic E-state index is 0.493. The fourth-order valence-corrected chi connectivity index (χ4v) is 2.75. The quantitative estimate of drug-likeness (QED) is 0.909. The number of nitrogens with two attached hydrogens (primary N) is 1. The largest absolute Gasteiger partial charge is 0.355 e. The minimum Gasteiger partial charge on any atom is -0.355 e. The molecule has 1 saturated heterocycles. The molecule has 4 nitrogen and oxygen atoms in total. The van der Waals surface area contributed by atoms with E-state index in [9.17, 15) is 0 Å². The third-order valence-corrected chi connectivity index (χ3v) is 4.89. The van der Waals surface area contributed by atoms with Crippen LogP contribution in [0.4, 0.5) is 5.82 Å². The van der Waals surface area contributed by atoms with Crippen molar-refractivity contribution in [3.8, 4) is 0 Å². The topological polar surface area (TPSA) is 55.0 Å². The number of piperidine rings is 1. The Kier molecular flexibility index (Phi) is 4.09. The molecule has 0 spiro atoms. The van der Waals surface area contributed by atoms with Crippen molar-refractivity contribution in [1.29, 1.82) is 0 Å². The second kappa shape index (κ2) is 5.45. The van der Waals surface area contributed by atoms with Gasteiger partial charge in [-0.3, -0.25) is 0 Å². The molecule has 4 heteroatoms. The van der Waals surface area contributed by atoms with E-state index in [1.165, 1.54) is 24.8 Å². The van der Waals surface area contributed by atoms with Crippen LogP contribution in [0.1, 0.15) is 49.9 Å². The molecule has 0 bridgehead atoms. The van der Waals surface area contributed by atoms with E-state index in [1.54, 1.807) is 0 Å². The maximum absolute atomic E-state index is 5.91. The predicted octanol–water partition coefficient (Wildman–Crippen LogP) is 2.57. The third kappa shape index (κ3) is 2.73. The van der Waals surface area contributed by atoms with Gasteiger partial charge in [-0.15, -0.1) is 5.10 Å². The van der Waals surface area contributed by atoms with Crippen LogP contribution in [0.2, 0.25) is 0 Å². The van der Waals surface area contributed by atoms with E-state index in [0.29, 0.717) is 12.0 Å². The summed E-state index contributed by atoms with van der Waals surface area (Å²) < 4.78 is 0. The average molecular weight is 262 g/mol. The molecule has 0 atom stereocenters. The molecular formula is C15H26N4. The van der Waals surface area contributed by atoms with Gasteiger partial charge in [-0.25, -0.2) is 0 Å². The molecule has 1 aliphatic rings. The van der Waals surface area contributed by atoms with Gasteiger partial charge < -0.3 is 10.6 Å². The molecule has 1 aromatic rings. The molecule has 0 saturated carbocycles. The van der Waals surface area contributed by atoms with Crippen molar-refractivity contribution in [3.63, 3.8) is 0 Å². The molecule has 1 aromatic heterocycles.